The van der Waals surface area contributed by atoms with Crippen LogP contribution in [0.3, 0.4) is 0 Å². The summed E-state index contributed by atoms with van der Waals surface area (Å²) in [7, 11) is 0. The van der Waals surface area contributed by atoms with Gasteiger partial charge in [0.2, 0.25) is 0 Å². The van der Waals surface area contributed by atoms with E-state index >= 15 is 0 Å². The maximum Gasteiger partial charge on any atom is 0.0692 e. The summed E-state index contributed by atoms with van der Waals surface area (Å²) in [6, 6.07) is 2.01. The summed E-state index contributed by atoms with van der Waals surface area (Å²) in [5.41, 5.74) is 0.137. The number of nitrogens with zero attached hydrogens (tertiary/aromatic N) is 1. The van der Waals surface area contributed by atoms with Crippen LogP contribution in [0.25, 0.3) is 0 Å². The van der Waals surface area contributed by atoms with Gasteiger partial charge in [0, 0.05) is 37.8 Å². The van der Waals surface area contributed by atoms with Crippen molar-refractivity contribution < 1.29 is 4.74 Å². The Bertz CT molecular complexity index is 301. The molecule has 0 aliphatic carbocycles. The minimum absolute atomic E-state index is 0.137. The molecule has 0 bridgehead atoms. The van der Waals surface area contributed by atoms with E-state index in [9.17, 15) is 0 Å². The zero-order chi connectivity index (χ0) is 14.8. The van der Waals surface area contributed by atoms with Crippen molar-refractivity contribution in [1.29, 1.82) is 0 Å². The van der Waals surface area contributed by atoms with E-state index < -0.39 is 0 Å². The molecular formula is C17H34N2O. The summed E-state index contributed by atoms with van der Waals surface area (Å²) >= 11 is 0. The van der Waals surface area contributed by atoms with Gasteiger partial charge in [0.15, 0.2) is 0 Å². The second-order valence-corrected chi connectivity index (χ2v) is 7.20. The Morgan fingerprint density at radius 3 is 2.60 bits per heavy atom. The first kappa shape index (κ1) is 16.3. The van der Waals surface area contributed by atoms with E-state index in [4.69, 9.17) is 4.74 Å². The third kappa shape index (κ3) is 3.37. The third-order valence-electron chi connectivity index (χ3n) is 5.58. The zero-order valence-electron chi connectivity index (χ0n) is 14.1. The molecular weight excluding hydrogens is 248 g/mol. The van der Waals surface area contributed by atoms with Gasteiger partial charge in [-0.2, -0.15) is 0 Å². The van der Waals surface area contributed by atoms with Crippen LogP contribution < -0.4 is 5.32 Å². The highest BCUT2D eigenvalue weighted by molar-refractivity contribution is 4.95. The molecule has 20 heavy (non-hydrogen) atoms. The topological polar surface area (TPSA) is 24.5 Å². The fourth-order valence-electron chi connectivity index (χ4n) is 4.02. The Hall–Kier alpha value is -0.120. The van der Waals surface area contributed by atoms with Crippen molar-refractivity contribution >= 4 is 0 Å². The molecule has 0 radical (unpaired) electrons. The second-order valence-electron chi connectivity index (χ2n) is 7.20. The molecule has 2 aliphatic heterocycles. The number of ether oxygens (including phenoxy) is 1. The molecule has 1 N–H and O–H groups in total. The SMILES string of the molecule is CCC1(CC)CC(N2CC(C)NCC2C(C)C)CCO1. The Balaban J connectivity index is 2.10. The van der Waals surface area contributed by atoms with Crippen LogP contribution >= 0.6 is 0 Å². The molecule has 118 valence electrons. The molecule has 0 aromatic carbocycles. The van der Waals surface area contributed by atoms with Crippen molar-refractivity contribution in [2.45, 2.75) is 84.0 Å². The van der Waals surface area contributed by atoms with Gasteiger partial charge >= 0.3 is 0 Å². The lowest BCUT2D eigenvalue weighted by Crippen LogP contribution is -2.62. The first-order valence-electron chi connectivity index (χ1n) is 8.64. The molecule has 2 rings (SSSR count). The first-order chi connectivity index (χ1) is 9.51. The van der Waals surface area contributed by atoms with Crippen molar-refractivity contribution in [1.82, 2.24) is 10.2 Å². The fraction of sp³-hybridized carbons (Fsp3) is 1.00. The van der Waals surface area contributed by atoms with Gasteiger partial charge in [-0.3, -0.25) is 4.90 Å². The van der Waals surface area contributed by atoms with E-state index in [2.05, 4.69) is 44.8 Å². The average Bonchev–Trinajstić information content (AvgIpc) is 2.46. The minimum atomic E-state index is 0.137. The van der Waals surface area contributed by atoms with Crippen LogP contribution in [-0.2, 0) is 4.74 Å². The third-order valence-corrected chi connectivity index (χ3v) is 5.58. The van der Waals surface area contributed by atoms with Gasteiger partial charge in [0.25, 0.3) is 0 Å². The van der Waals surface area contributed by atoms with Crippen LogP contribution in [-0.4, -0.2) is 48.3 Å². The molecule has 3 nitrogen and oxygen atoms in total. The van der Waals surface area contributed by atoms with Crippen LogP contribution in [0.2, 0.25) is 0 Å². The van der Waals surface area contributed by atoms with Gasteiger partial charge in [-0.1, -0.05) is 27.7 Å². The van der Waals surface area contributed by atoms with Gasteiger partial charge in [-0.15, -0.1) is 0 Å². The molecule has 0 amide bonds. The van der Waals surface area contributed by atoms with E-state index in [1.165, 1.54) is 19.4 Å². The Labute approximate surface area is 125 Å². The number of hydrogen-bond acceptors (Lipinski definition) is 3. The van der Waals surface area contributed by atoms with Gasteiger partial charge in [-0.25, -0.2) is 0 Å². The summed E-state index contributed by atoms with van der Waals surface area (Å²) in [5.74, 6) is 0.718. The van der Waals surface area contributed by atoms with Gasteiger partial charge < -0.3 is 10.1 Å². The van der Waals surface area contributed by atoms with Crippen molar-refractivity contribution in [3.63, 3.8) is 0 Å². The summed E-state index contributed by atoms with van der Waals surface area (Å²) in [5, 5.41) is 3.66. The van der Waals surface area contributed by atoms with Gasteiger partial charge in [0.1, 0.15) is 0 Å². The molecule has 2 aliphatic rings. The monoisotopic (exact) mass is 282 g/mol. The average molecular weight is 282 g/mol. The standard InChI is InChI=1S/C17H34N2O/c1-6-17(7-2)10-15(8-9-20-17)19-12-14(5)18-11-16(19)13(3)4/h13-16,18H,6-12H2,1-5H3. The molecule has 3 unspecified atom stereocenters. The zero-order valence-corrected chi connectivity index (χ0v) is 14.1. The number of piperazine rings is 1. The Kier molecular flexibility index (Phi) is 5.49. The maximum atomic E-state index is 6.17. The predicted octanol–water partition coefficient (Wildman–Crippen LogP) is 3.04. The first-order valence-corrected chi connectivity index (χ1v) is 8.64. The number of hydrogen-bond donors (Lipinski definition) is 1. The molecule has 3 heteroatoms. The van der Waals surface area contributed by atoms with Crippen molar-refractivity contribution in [2.75, 3.05) is 19.7 Å². The molecule has 0 saturated carbocycles. The molecule has 0 aromatic heterocycles. The van der Waals surface area contributed by atoms with Gasteiger partial charge in [0.05, 0.1) is 5.60 Å². The summed E-state index contributed by atoms with van der Waals surface area (Å²) in [6.45, 7) is 14.9. The smallest absolute Gasteiger partial charge is 0.0692 e. The Morgan fingerprint density at radius 2 is 2.00 bits per heavy atom. The lowest BCUT2D eigenvalue weighted by molar-refractivity contribution is -0.120. The van der Waals surface area contributed by atoms with Crippen LogP contribution in [0.1, 0.15) is 60.3 Å². The number of nitrogens with one attached hydrogen (secondary N) is 1. The highest BCUT2D eigenvalue weighted by atomic mass is 16.5. The lowest BCUT2D eigenvalue weighted by Gasteiger charge is -2.50. The Morgan fingerprint density at radius 1 is 1.30 bits per heavy atom. The van der Waals surface area contributed by atoms with E-state index in [1.807, 2.05) is 0 Å². The second kappa shape index (κ2) is 6.76. The normalized spacial score (nSPS) is 35.4. The van der Waals surface area contributed by atoms with E-state index in [1.54, 1.807) is 0 Å². The van der Waals surface area contributed by atoms with Crippen LogP contribution in [0, 0.1) is 5.92 Å². The predicted molar refractivity (Wildman–Crippen MR) is 85.1 cm³/mol. The van der Waals surface area contributed by atoms with Crippen LogP contribution in [0.4, 0.5) is 0 Å². The van der Waals surface area contributed by atoms with Crippen molar-refractivity contribution in [2.24, 2.45) is 5.92 Å². The minimum Gasteiger partial charge on any atom is -0.375 e. The molecule has 0 aromatic rings. The largest absolute Gasteiger partial charge is 0.375 e. The quantitative estimate of drug-likeness (QED) is 0.858. The number of rotatable bonds is 4. The van der Waals surface area contributed by atoms with Crippen LogP contribution in [0.5, 0.6) is 0 Å². The van der Waals surface area contributed by atoms with Crippen molar-refractivity contribution in [3.8, 4) is 0 Å². The van der Waals surface area contributed by atoms with Crippen LogP contribution in [0.15, 0.2) is 0 Å². The summed E-state index contributed by atoms with van der Waals surface area (Å²) < 4.78 is 6.17. The molecule has 2 heterocycles. The lowest BCUT2D eigenvalue weighted by atomic mass is 9.83. The molecule has 2 saturated heterocycles. The van der Waals surface area contributed by atoms with Crippen molar-refractivity contribution in [3.05, 3.63) is 0 Å². The molecule has 2 fully saturated rings. The summed E-state index contributed by atoms with van der Waals surface area (Å²) in [6.07, 6.45) is 4.72. The fourth-order valence-corrected chi connectivity index (χ4v) is 4.02. The van der Waals surface area contributed by atoms with E-state index in [0.717, 1.165) is 31.9 Å². The molecule has 0 spiro atoms. The summed E-state index contributed by atoms with van der Waals surface area (Å²) in [4.78, 5) is 2.80. The van der Waals surface area contributed by atoms with E-state index in [-0.39, 0.29) is 5.60 Å². The molecule has 3 atom stereocenters. The van der Waals surface area contributed by atoms with Gasteiger partial charge in [-0.05, 0) is 38.5 Å². The maximum absolute atomic E-state index is 6.17. The van der Waals surface area contributed by atoms with E-state index in [0.29, 0.717) is 18.1 Å². The highest BCUT2D eigenvalue weighted by Crippen LogP contribution is 2.35. The highest BCUT2D eigenvalue weighted by Gasteiger charge is 2.40.